The van der Waals surface area contributed by atoms with Crippen LogP contribution < -0.4 is 16.6 Å². The van der Waals surface area contributed by atoms with Crippen molar-refractivity contribution in [3.63, 3.8) is 0 Å². The molecule has 0 unspecified atom stereocenters. The van der Waals surface area contributed by atoms with Crippen molar-refractivity contribution < 1.29 is 34.4 Å². The van der Waals surface area contributed by atoms with E-state index in [-0.39, 0.29) is 46.0 Å². The van der Waals surface area contributed by atoms with Crippen LogP contribution in [0.4, 0.5) is 0 Å². The summed E-state index contributed by atoms with van der Waals surface area (Å²) in [4.78, 5) is 40.1. The number of nitrogens with two attached hydrogens (primary N) is 1. The van der Waals surface area contributed by atoms with Gasteiger partial charge >= 0.3 is 5.97 Å². The lowest BCUT2D eigenvalue weighted by atomic mass is 9.87. The van der Waals surface area contributed by atoms with Gasteiger partial charge in [-0.1, -0.05) is 0 Å². The first-order valence-corrected chi connectivity index (χ1v) is 12.1. The predicted molar refractivity (Wildman–Crippen MR) is 138 cm³/mol. The lowest BCUT2D eigenvalue weighted by Crippen LogP contribution is -2.28. The zero-order valence-electron chi connectivity index (χ0n) is 20.4. The van der Waals surface area contributed by atoms with Crippen LogP contribution in [0.5, 0.6) is 23.0 Å². The molecule has 0 amide bonds. The first-order valence-electron chi connectivity index (χ1n) is 12.1. The van der Waals surface area contributed by atoms with Gasteiger partial charge in [-0.25, -0.2) is 4.79 Å². The van der Waals surface area contributed by atoms with Gasteiger partial charge in [0.25, 0.3) is 0 Å². The molecule has 11 nitrogen and oxygen atoms in total. The van der Waals surface area contributed by atoms with Crippen LogP contribution >= 0.6 is 0 Å². The van der Waals surface area contributed by atoms with E-state index in [0.29, 0.717) is 5.52 Å². The third-order valence-corrected chi connectivity index (χ3v) is 7.14. The van der Waals surface area contributed by atoms with E-state index in [1.807, 2.05) is 0 Å². The predicted octanol–water partition coefficient (Wildman–Crippen LogP) is 2.81. The zero-order chi connectivity index (χ0) is 27.3. The number of hydrogen-bond acceptors (Lipinski definition) is 10. The van der Waals surface area contributed by atoms with Crippen LogP contribution in [0.15, 0.2) is 44.7 Å². The first kappa shape index (κ1) is 25.2. The van der Waals surface area contributed by atoms with E-state index < -0.39 is 45.4 Å². The Morgan fingerprint density at radius 2 is 1.68 bits per heavy atom. The van der Waals surface area contributed by atoms with Crippen molar-refractivity contribution in [2.24, 2.45) is 18.7 Å². The van der Waals surface area contributed by atoms with Crippen molar-refractivity contribution in [1.29, 1.82) is 0 Å². The number of nitrogens with zero attached hydrogens (tertiary/aromatic N) is 1. The number of carbonyl (C=O) groups excluding carboxylic acids is 1. The summed E-state index contributed by atoms with van der Waals surface area (Å²) in [6, 6.07) is 3.41. The standard InChI is InChI=1S/C27H26N2O9/c1-29-9-15(24(33)14-6-18(30)19(31)7-17(14)29)16-11-37-21-8-20(32)26(35)23(22(21)25(16)34)27(36)38-10-12-2-4-13(28)5-3-12/h6-9,11-13,30-32,35H,2-5,10,28H2,1H3. The molecule has 198 valence electrons. The van der Waals surface area contributed by atoms with Crippen LogP contribution in [-0.4, -0.2) is 43.6 Å². The van der Waals surface area contributed by atoms with Crippen molar-refractivity contribution >= 4 is 27.8 Å². The molecule has 1 aliphatic carbocycles. The number of benzene rings is 2. The van der Waals surface area contributed by atoms with E-state index in [4.69, 9.17) is 14.9 Å². The van der Waals surface area contributed by atoms with E-state index in [1.165, 1.54) is 16.8 Å². The molecule has 0 saturated heterocycles. The molecule has 1 saturated carbocycles. The SMILES string of the molecule is Cn1cc(-c2coc3cc(O)c(O)c(C(=O)OCC4CCC(N)CC4)c3c2=O)c(=O)c2cc(O)c(O)cc21. The smallest absolute Gasteiger partial charge is 0.342 e. The van der Waals surface area contributed by atoms with Crippen LogP contribution in [0, 0.1) is 5.92 Å². The summed E-state index contributed by atoms with van der Waals surface area (Å²) in [6.07, 6.45) is 5.51. The summed E-state index contributed by atoms with van der Waals surface area (Å²) < 4.78 is 12.4. The minimum atomic E-state index is -1.02. The van der Waals surface area contributed by atoms with Crippen molar-refractivity contribution in [1.82, 2.24) is 4.57 Å². The molecule has 1 aliphatic rings. The van der Waals surface area contributed by atoms with Crippen LogP contribution in [0.2, 0.25) is 0 Å². The maximum Gasteiger partial charge on any atom is 0.342 e. The monoisotopic (exact) mass is 522 g/mol. The Labute approximate surface area is 214 Å². The Hall–Kier alpha value is -4.51. The normalized spacial score (nSPS) is 17.6. The highest BCUT2D eigenvalue weighted by Crippen LogP contribution is 2.36. The fourth-order valence-corrected chi connectivity index (χ4v) is 4.97. The average molecular weight is 523 g/mol. The maximum atomic E-state index is 13.7. The molecule has 0 aliphatic heterocycles. The van der Waals surface area contributed by atoms with E-state index in [9.17, 15) is 34.8 Å². The van der Waals surface area contributed by atoms with Gasteiger partial charge in [0, 0.05) is 31.4 Å². The van der Waals surface area contributed by atoms with Gasteiger partial charge in [0.05, 0.1) is 34.0 Å². The molecule has 2 aromatic heterocycles. The second-order valence-electron chi connectivity index (χ2n) is 9.69. The number of phenols is 4. The quantitative estimate of drug-likeness (QED) is 0.197. The second-order valence-corrected chi connectivity index (χ2v) is 9.69. The fourth-order valence-electron chi connectivity index (χ4n) is 4.97. The van der Waals surface area contributed by atoms with Crippen molar-refractivity contribution in [3.05, 3.63) is 56.7 Å². The van der Waals surface area contributed by atoms with Crippen molar-refractivity contribution in [2.45, 2.75) is 31.7 Å². The summed E-state index contributed by atoms with van der Waals surface area (Å²) in [7, 11) is 1.58. The topological polar surface area (TPSA) is 185 Å². The molecule has 11 heteroatoms. The van der Waals surface area contributed by atoms with Gasteiger partial charge < -0.3 is 39.9 Å². The number of hydrogen-bond donors (Lipinski definition) is 5. The summed E-state index contributed by atoms with van der Waals surface area (Å²) in [5.74, 6) is -3.39. The van der Waals surface area contributed by atoms with E-state index in [2.05, 4.69) is 0 Å². The highest BCUT2D eigenvalue weighted by molar-refractivity contribution is 6.07. The minimum Gasteiger partial charge on any atom is -0.504 e. The number of ether oxygens (including phenoxy) is 1. The molecule has 1 fully saturated rings. The van der Waals surface area contributed by atoms with Crippen LogP contribution in [0.3, 0.4) is 0 Å². The summed E-state index contributed by atoms with van der Waals surface area (Å²) in [5, 5.41) is 40.2. The average Bonchev–Trinajstić information content (AvgIpc) is 2.88. The Bertz CT molecular complexity index is 1710. The molecule has 2 aromatic carbocycles. The number of aromatic hydroxyl groups is 4. The molecule has 4 aromatic rings. The Morgan fingerprint density at radius 3 is 2.39 bits per heavy atom. The molecule has 38 heavy (non-hydrogen) atoms. The van der Waals surface area contributed by atoms with E-state index in [1.54, 1.807) is 7.05 Å². The van der Waals surface area contributed by atoms with Gasteiger partial charge in [-0.3, -0.25) is 9.59 Å². The number of phenolic OH excluding ortho intramolecular Hbond substituents is 4. The Morgan fingerprint density at radius 1 is 1.00 bits per heavy atom. The first-order chi connectivity index (χ1) is 18.1. The molecule has 6 N–H and O–H groups in total. The Kier molecular flexibility index (Phi) is 6.23. The highest BCUT2D eigenvalue weighted by atomic mass is 16.5. The molecule has 0 radical (unpaired) electrons. The van der Waals surface area contributed by atoms with Gasteiger partial charge in [-0.2, -0.15) is 0 Å². The van der Waals surface area contributed by atoms with E-state index in [0.717, 1.165) is 44.1 Å². The third kappa shape index (κ3) is 4.20. The number of rotatable bonds is 4. The van der Waals surface area contributed by atoms with Gasteiger partial charge in [0.2, 0.25) is 5.43 Å². The number of aryl methyl sites for hydroxylation is 1. The van der Waals surface area contributed by atoms with Crippen LogP contribution in [0.1, 0.15) is 36.0 Å². The van der Waals surface area contributed by atoms with Crippen LogP contribution in [0.25, 0.3) is 33.0 Å². The van der Waals surface area contributed by atoms with Crippen molar-refractivity contribution in [3.8, 4) is 34.1 Å². The van der Waals surface area contributed by atoms with Gasteiger partial charge in [0.1, 0.15) is 17.4 Å². The number of fused-ring (bicyclic) bond motifs is 2. The molecule has 0 atom stereocenters. The number of aromatic nitrogens is 1. The molecular weight excluding hydrogens is 496 g/mol. The largest absolute Gasteiger partial charge is 0.504 e. The summed E-state index contributed by atoms with van der Waals surface area (Å²) in [5.41, 5.74) is 3.70. The summed E-state index contributed by atoms with van der Waals surface area (Å²) >= 11 is 0. The number of pyridine rings is 1. The lowest BCUT2D eigenvalue weighted by molar-refractivity contribution is 0.0404. The van der Waals surface area contributed by atoms with Gasteiger partial charge in [-0.05, 0) is 37.7 Å². The number of esters is 1. The molecule has 0 spiro atoms. The lowest BCUT2D eigenvalue weighted by Gasteiger charge is -2.25. The Balaban J connectivity index is 1.64. The highest BCUT2D eigenvalue weighted by Gasteiger charge is 2.28. The van der Waals surface area contributed by atoms with Crippen LogP contribution in [-0.2, 0) is 11.8 Å². The zero-order valence-corrected chi connectivity index (χ0v) is 20.4. The molecule has 0 bridgehead atoms. The van der Waals surface area contributed by atoms with E-state index >= 15 is 0 Å². The second kappa shape index (κ2) is 9.42. The number of carbonyl (C=O) groups is 1. The molecule has 2 heterocycles. The minimum absolute atomic E-state index is 0.0279. The molecule has 5 rings (SSSR count). The van der Waals surface area contributed by atoms with Gasteiger partial charge in [-0.15, -0.1) is 0 Å². The third-order valence-electron chi connectivity index (χ3n) is 7.14. The fraction of sp³-hybridized carbons (Fsp3) is 0.296. The summed E-state index contributed by atoms with van der Waals surface area (Å²) in [6.45, 7) is 0.0503. The maximum absolute atomic E-state index is 13.7. The van der Waals surface area contributed by atoms with Gasteiger partial charge in [0.15, 0.2) is 28.4 Å². The van der Waals surface area contributed by atoms with Crippen molar-refractivity contribution in [2.75, 3.05) is 6.61 Å². The molecular formula is C27H26N2O9.